The maximum atomic E-state index is 11.3. The molecule has 2 rings (SSSR count). The third-order valence-electron chi connectivity index (χ3n) is 3.66. The first-order chi connectivity index (χ1) is 10.3. The molecule has 1 heterocycles. The number of nitrogens with zero attached hydrogens (tertiary/aromatic N) is 2. The van der Waals surface area contributed by atoms with Crippen LogP contribution in [0.2, 0.25) is 0 Å². The van der Waals surface area contributed by atoms with Gasteiger partial charge in [-0.25, -0.2) is 13.6 Å². The van der Waals surface area contributed by atoms with Crippen LogP contribution in [0.1, 0.15) is 12.0 Å². The van der Waals surface area contributed by atoms with Gasteiger partial charge in [-0.3, -0.25) is 10.1 Å². The Morgan fingerprint density at radius 3 is 2.82 bits per heavy atom. The smallest absolute Gasteiger partial charge is 0.273 e. The molecule has 9 heteroatoms. The van der Waals surface area contributed by atoms with Crippen LogP contribution in [0.15, 0.2) is 23.1 Å². The number of morpholine rings is 1. The number of nitro groups is 1. The van der Waals surface area contributed by atoms with Crippen molar-refractivity contribution < 1.29 is 18.1 Å². The Bertz CT molecular complexity index is 662. The summed E-state index contributed by atoms with van der Waals surface area (Å²) in [6.45, 7) is 2.30. The topological polar surface area (TPSA) is 116 Å². The molecule has 0 spiro atoms. The number of primary sulfonamides is 1. The number of rotatable bonds is 5. The number of aryl methyl sites for hydroxylation is 1. The molecule has 0 amide bonds. The van der Waals surface area contributed by atoms with Crippen LogP contribution in [0.25, 0.3) is 0 Å². The molecule has 0 saturated carbocycles. The Labute approximate surface area is 129 Å². The molecule has 1 aliphatic heterocycles. The van der Waals surface area contributed by atoms with E-state index in [9.17, 15) is 18.5 Å². The summed E-state index contributed by atoms with van der Waals surface area (Å²) in [6.07, 6.45) is 1.11. The van der Waals surface area contributed by atoms with Gasteiger partial charge in [0.05, 0.1) is 22.5 Å². The largest absolute Gasteiger partial charge is 0.376 e. The summed E-state index contributed by atoms with van der Waals surface area (Å²) in [4.78, 5) is 12.4. The van der Waals surface area contributed by atoms with Crippen LogP contribution in [0, 0.1) is 10.1 Å². The first-order valence-corrected chi connectivity index (χ1v) is 8.42. The maximum Gasteiger partial charge on any atom is 0.273 e. The molecule has 8 nitrogen and oxygen atoms in total. The van der Waals surface area contributed by atoms with E-state index < -0.39 is 14.9 Å². The highest BCUT2D eigenvalue weighted by Crippen LogP contribution is 2.24. The Balaban J connectivity index is 2.15. The Kier molecular flexibility index (Phi) is 5.12. The lowest BCUT2D eigenvalue weighted by molar-refractivity contribution is -0.385. The zero-order chi connectivity index (χ0) is 16.3. The highest BCUT2D eigenvalue weighted by atomic mass is 32.2. The van der Waals surface area contributed by atoms with Crippen molar-refractivity contribution >= 4 is 15.7 Å². The van der Waals surface area contributed by atoms with Crippen LogP contribution < -0.4 is 5.14 Å². The summed E-state index contributed by atoms with van der Waals surface area (Å²) >= 11 is 0. The van der Waals surface area contributed by atoms with Crippen molar-refractivity contribution in [1.82, 2.24) is 4.90 Å². The van der Waals surface area contributed by atoms with Crippen molar-refractivity contribution in [3.63, 3.8) is 0 Å². The van der Waals surface area contributed by atoms with E-state index in [1.165, 1.54) is 12.1 Å². The van der Waals surface area contributed by atoms with Gasteiger partial charge in [-0.2, -0.15) is 0 Å². The van der Waals surface area contributed by atoms with E-state index in [1.54, 1.807) is 0 Å². The monoisotopic (exact) mass is 329 g/mol. The minimum absolute atomic E-state index is 0.0243. The first-order valence-electron chi connectivity index (χ1n) is 6.87. The van der Waals surface area contributed by atoms with Gasteiger partial charge in [0.1, 0.15) is 0 Å². The summed E-state index contributed by atoms with van der Waals surface area (Å²) in [5.74, 6) is 0. The maximum absolute atomic E-state index is 11.3. The standard InChI is InChI=1S/C13H19N3O5S/c1-15-6-7-21-11(9-15)4-2-10-3-5-12(22(14,19)20)8-13(10)16(17)18/h3,5,8,11H,2,4,6-7,9H2,1H3,(H2,14,19,20). The van der Waals surface area contributed by atoms with Gasteiger partial charge in [0.15, 0.2) is 0 Å². The fraction of sp³-hybridized carbons (Fsp3) is 0.538. The number of likely N-dealkylation sites (N-methyl/N-ethyl adjacent to an activating group) is 1. The average molecular weight is 329 g/mol. The Hall–Kier alpha value is -1.55. The SMILES string of the molecule is CN1CCOC(CCc2ccc(S(N)(=O)=O)cc2[N+](=O)[O-])C1. The predicted octanol–water partition coefficient (Wildman–Crippen LogP) is 0.505. The molecule has 1 saturated heterocycles. The lowest BCUT2D eigenvalue weighted by Crippen LogP contribution is -2.40. The number of hydrogen-bond acceptors (Lipinski definition) is 6. The summed E-state index contributed by atoms with van der Waals surface area (Å²) < 4.78 is 28.2. The average Bonchev–Trinajstić information content (AvgIpc) is 2.44. The second-order valence-corrected chi connectivity index (χ2v) is 6.95. The molecule has 122 valence electrons. The fourth-order valence-corrected chi connectivity index (χ4v) is 2.99. The van der Waals surface area contributed by atoms with Gasteiger partial charge >= 0.3 is 0 Å². The van der Waals surface area contributed by atoms with Crippen LogP contribution in [-0.2, 0) is 21.2 Å². The molecule has 0 bridgehead atoms. The van der Waals surface area contributed by atoms with Gasteiger partial charge in [0.25, 0.3) is 5.69 Å². The second kappa shape index (κ2) is 6.69. The molecular weight excluding hydrogens is 310 g/mol. The minimum atomic E-state index is -3.95. The number of hydrogen-bond donors (Lipinski definition) is 1. The summed E-state index contributed by atoms with van der Waals surface area (Å²) in [7, 11) is -1.96. The third-order valence-corrected chi connectivity index (χ3v) is 4.57. The summed E-state index contributed by atoms with van der Waals surface area (Å²) in [6, 6.07) is 3.76. The van der Waals surface area contributed by atoms with Crippen molar-refractivity contribution in [2.45, 2.75) is 23.8 Å². The Morgan fingerprint density at radius 2 is 2.23 bits per heavy atom. The lowest BCUT2D eigenvalue weighted by atomic mass is 10.0. The minimum Gasteiger partial charge on any atom is -0.376 e. The molecule has 1 aliphatic rings. The van der Waals surface area contributed by atoms with Crippen LogP contribution in [0.5, 0.6) is 0 Å². The molecule has 0 aromatic heterocycles. The first kappa shape index (κ1) is 16.8. The van der Waals surface area contributed by atoms with E-state index in [0.29, 0.717) is 25.0 Å². The van der Waals surface area contributed by atoms with E-state index in [4.69, 9.17) is 9.88 Å². The van der Waals surface area contributed by atoms with Crippen LogP contribution >= 0.6 is 0 Å². The van der Waals surface area contributed by atoms with Crippen molar-refractivity contribution in [3.05, 3.63) is 33.9 Å². The van der Waals surface area contributed by atoms with Gasteiger partial charge in [0, 0.05) is 24.7 Å². The Morgan fingerprint density at radius 1 is 1.50 bits per heavy atom. The zero-order valence-corrected chi connectivity index (χ0v) is 13.1. The van der Waals surface area contributed by atoms with Crippen LogP contribution in [0.3, 0.4) is 0 Å². The number of benzene rings is 1. The van der Waals surface area contributed by atoms with E-state index in [2.05, 4.69) is 4.90 Å². The molecule has 1 aromatic rings. The quantitative estimate of drug-likeness (QED) is 0.621. The van der Waals surface area contributed by atoms with E-state index in [0.717, 1.165) is 19.2 Å². The molecular formula is C13H19N3O5S. The second-order valence-electron chi connectivity index (χ2n) is 5.39. The number of nitro benzene ring substituents is 1. The molecule has 0 aliphatic carbocycles. The summed E-state index contributed by atoms with van der Waals surface area (Å²) in [5.41, 5.74) is 0.255. The molecule has 22 heavy (non-hydrogen) atoms. The van der Waals surface area contributed by atoms with E-state index in [-0.39, 0.29) is 16.7 Å². The highest BCUT2D eigenvalue weighted by molar-refractivity contribution is 7.89. The highest BCUT2D eigenvalue weighted by Gasteiger charge is 2.22. The molecule has 1 fully saturated rings. The lowest BCUT2D eigenvalue weighted by Gasteiger charge is -2.30. The van der Waals surface area contributed by atoms with Gasteiger partial charge in [-0.05, 0) is 26.0 Å². The fourth-order valence-electron chi connectivity index (χ4n) is 2.46. The summed E-state index contributed by atoms with van der Waals surface area (Å²) in [5, 5.41) is 16.1. The molecule has 1 unspecified atom stereocenters. The third kappa shape index (κ3) is 4.23. The molecule has 0 radical (unpaired) electrons. The van der Waals surface area contributed by atoms with Gasteiger partial charge in [-0.1, -0.05) is 6.07 Å². The van der Waals surface area contributed by atoms with Crippen molar-refractivity contribution in [1.29, 1.82) is 0 Å². The van der Waals surface area contributed by atoms with Crippen molar-refractivity contribution in [3.8, 4) is 0 Å². The predicted molar refractivity (Wildman–Crippen MR) is 80.0 cm³/mol. The van der Waals surface area contributed by atoms with Gasteiger partial charge in [0.2, 0.25) is 10.0 Å². The van der Waals surface area contributed by atoms with Crippen molar-refractivity contribution in [2.24, 2.45) is 5.14 Å². The van der Waals surface area contributed by atoms with Crippen LogP contribution in [0.4, 0.5) is 5.69 Å². The molecule has 2 N–H and O–H groups in total. The zero-order valence-electron chi connectivity index (χ0n) is 12.3. The number of nitrogens with two attached hydrogens (primary N) is 1. The van der Waals surface area contributed by atoms with Crippen molar-refractivity contribution in [2.75, 3.05) is 26.7 Å². The normalized spacial score (nSPS) is 20.0. The van der Waals surface area contributed by atoms with Crippen LogP contribution in [-0.4, -0.2) is 51.1 Å². The van der Waals surface area contributed by atoms with Gasteiger partial charge in [-0.15, -0.1) is 0 Å². The van der Waals surface area contributed by atoms with Gasteiger partial charge < -0.3 is 9.64 Å². The number of sulfonamides is 1. The molecule has 1 aromatic carbocycles. The van der Waals surface area contributed by atoms with E-state index >= 15 is 0 Å². The number of ether oxygens (including phenoxy) is 1. The van der Waals surface area contributed by atoms with E-state index in [1.807, 2.05) is 7.05 Å². The molecule has 1 atom stereocenters.